The molecule has 5 heteroatoms. The first-order chi connectivity index (χ1) is 10.9. The van der Waals surface area contributed by atoms with Crippen molar-refractivity contribution in [2.75, 3.05) is 5.32 Å². The summed E-state index contributed by atoms with van der Waals surface area (Å²) in [5.74, 6) is 1.54. The maximum Gasteiger partial charge on any atom is 0.163 e. The van der Waals surface area contributed by atoms with Gasteiger partial charge in [-0.05, 0) is 37.1 Å². The van der Waals surface area contributed by atoms with Crippen molar-refractivity contribution in [3.63, 3.8) is 0 Å². The summed E-state index contributed by atoms with van der Waals surface area (Å²) >= 11 is 0. The molecule has 0 radical (unpaired) electrons. The maximum absolute atomic E-state index is 4.67. The van der Waals surface area contributed by atoms with Gasteiger partial charge in [0.15, 0.2) is 5.82 Å². The second kappa shape index (κ2) is 5.52. The summed E-state index contributed by atoms with van der Waals surface area (Å²) in [6.45, 7) is 0. The molecule has 108 valence electrons. The van der Waals surface area contributed by atoms with Crippen LogP contribution in [0, 0.1) is 0 Å². The number of rotatable bonds is 4. The molecule has 1 saturated carbocycles. The Bertz CT molecular complexity index is 712. The highest BCUT2D eigenvalue weighted by atomic mass is 15.1. The topological polar surface area (TPSA) is 63.6 Å². The number of hydrogen-bond donors (Lipinski definition) is 1. The van der Waals surface area contributed by atoms with Crippen molar-refractivity contribution in [1.82, 2.24) is 19.9 Å². The zero-order valence-corrected chi connectivity index (χ0v) is 12.0. The second-order valence-electron chi connectivity index (χ2n) is 5.36. The van der Waals surface area contributed by atoms with E-state index in [1.807, 2.05) is 36.5 Å². The average molecular weight is 289 g/mol. The van der Waals surface area contributed by atoms with Gasteiger partial charge in [0.1, 0.15) is 5.82 Å². The van der Waals surface area contributed by atoms with Gasteiger partial charge in [0.25, 0.3) is 0 Å². The van der Waals surface area contributed by atoms with Gasteiger partial charge in [-0.3, -0.25) is 9.97 Å². The van der Waals surface area contributed by atoms with Gasteiger partial charge in [0.2, 0.25) is 0 Å². The van der Waals surface area contributed by atoms with Gasteiger partial charge in [-0.25, -0.2) is 9.97 Å². The molecule has 0 spiro atoms. The van der Waals surface area contributed by atoms with Crippen LogP contribution >= 0.6 is 0 Å². The van der Waals surface area contributed by atoms with Crippen LogP contribution in [-0.2, 0) is 0 Å². The molecule has 5 nitrogen and oxygen atoms in total. The molecule has 0 atom stereocenters. The number of pyridine rings is 2. The number of aromatic nitrogens is 4. The molecule has 0 unspecified atom stereocenters. The van der Waals surface area contributed by atoms with Crippen molar-refractivity contribution in [2.45, 2.75) is 18.9 Å². The summed E-state index contributed by atoms with van der Waals surface area (Å²) in [5, 5.41) is 3.44. The molecule has 1 fully saturated rings. The molecule has 1 N–H and O–H groups in total. The SMILES string of the molecule is c1cncc(-c2cc(NC3CC3)nc(-c3cccnc3)n2)c1. The summed E-state index contributed by atoms with van der Waals surface area (Å²) in [4.78, 5) is 17.6. The van der Waals surface area contributed by atoms with Crippen molar-refractivity contribution in [1.29, 1.82) is 0 Å². The Balaban J connectivity index is 1.80. The Labute approximate surface area is 128 Å². The average Bonchev–Trinajstić information content (AvgIpc) is 3.40. The lowest BCUT2D eigenvalue weighted by atomic mass is 10.2. The van der Waals surface area contributed by atoms with Crippen LogP contribution in [-0.4, -0.2) is 26.0 Å². The van der Waals surface area contributed by atoms with Crippen LogP contribution in [0.25, 0.3) is 22.6 Å². The van der Waals surface area contributed by atoms with Crippen LogP contribution in [0.3, 0.4) is 0 Å². The van der Waals surface area contributed by atoms with Crippen LogP contribution in [0.5, 0.6) is 0 Å². The lowest BCUT2D eigenvalue weighted by Crippen LogP contribution is -2.05. The fraction of sp³-hybridized carbons (Fsp3) is 0.176. The Morgan fingerprint density at radius 1 is 0.909 bits per heavy atom. The lowest BCUT2D eigenvalue weighted by molar-refractivity contribution is 1.08. The third kappa shape index (κ3) is 2.79. The molecule has 3 aromatic rings. The molecule has 3 heterocycles. The molecule has 22 heavy (non-hydrogen) atoms. The summed E-state index contributed by atoms with van der Waals surface area (Å²) in [5.41, 5.74) is 2.76. The highest BCUT2D eigenvalue weighted by molar-refractivity contribution is 5.66. The smallest absolute Gasteiger partial charge is 0.163 e. The van der Waals surface area contributed by atoms with E-state index in [1.54, 1.807) is 18.6 Å². The Hall–Kier alpha value is -2.82. The zero-order chi connectivity index (χ0) is 14.8. The lowest BCUT2D eigenvalue weighted by Gasteiger charge is -2.09. The largest absolute Gasteiger partial charge is 0.367 e. The molecule has 0 saturated heterocycles. The van der Waals surface area contributed by atoms with Gasteiger partial charge in [-0.15, -0.1) is 0 Å². The van der Waals surface area contributed by atoms with E-state index in [0.717, 1.165) is 22.6 Å². The van der Waals surface area contributed by atoms with Gasteiger partial charge < -0.3 is 5.32 Å². The predicted octanol–water partition coefficient (Wildman–Crippen LogP) is 3.17. The number of hydrogen-bond acceptors (Lipinski definition) is 5. The fourth-order valence-corrected chi connectivity index (χ4v) is 2.24. The molecule has 1 aliphatic rings. The van der Waals surface area contributed by atoms with Gasteiger partial charge >= 0.3 is 0 Å². The normalized spacial score (nSPS) is 13.8. The van der Waals surface area contributed by atoms with Gasteiger partial charge in [0.05, 0.1) is 5.69 Å². The molecular formula is C17H15N5. The third-order valence-electron chi connectivity index (χ3n) is 3.53. The minimum Gasteiger partial charge on any atom is -0.367 e. The van der Waals surface area contributed by atoms with Crippen LogP contribution in [0.15, 0.2) is 55.1 Å². The van der Waals surface area contributed by atoms with Crippen molar-refractivity contribution in [3.8, 4) is 22.6 Å². The number of nitrogens with zero attached hydrogens (tertiary/aromatic N) is 4. The monoisotopic (exact) mass is 289 g/mol. The number of anilines is 1. The van der Waals surface area contributed by atoms with E-state index in [2.05, 4.69) is 25.3 Å². The van der Waals surface area contributed by atoms with Crippen molar-refractivity contribution >= 4 is 5.82 Å². The molecule has 0 amide bonds. The molecule has 0 bridgehead atoms. The van der Waals surface area contributed by atoms with E-state index in [1.165, 1.54) is 12.8 Å². The van der Waals surface area contributed by atoms with E-state index >= 15 is 0 Å². The van der Waals surface area contributed by atoms with E-state index < -0.39 is 0 Å². The highest BCUT2D eigenvalue weighted by Crippen LogP contribution is 2.28. The van der Waals surface area contributed by atoms with E-state index in [-0.39, 0.29) is 0 Å². The first-order valence-electron chi connectivity index (χ1n) is 7.35. The van der Waals surface area contributed by atoms with E-state index in [0.29, 0.717) is 11.9 Å². The van der Waals surface area contributed by atoms with Crippen molar-refractivity contribution in [2.24, 2.45) is 0 Å². The zero-order valence-electron chi connectivity index (χ0n) is 12.0. The van der Waals surface area contributed by atoms with Gasteiger partial charge in [-0.1, -0.05) is 0 Å². The molecule has 0 aromatic carbocycles. The first-order valence-corrected chi connectivity index (χ1v) is 7.35. The standard InChI is InChI=1S/C17H15N5/c1-3-12(10-18-7-1)15-9-16(20-14-5-6-14)22-17(21-15)13-4-2-8-19-11-13/h1-4,7-11,14H,5-6H2,(H,20,21,22). The number of nitrogens with one attached hydrogen (secondary N) is 1. The summed E-state index contributed by atoms with van der Waals surface area (Å²) in [7, 11) is 0. The summed E-state index contributed by atoms with van der Waals surface area (Å²) < 4.78 is 0. The van der Waals surface area contributed by atoms with Crippen LogP contribution in [0.4, 0.5) is 5.82 Å². The minimum atomic E-state index is 0.540. The molecule has 3 aromatic heterocycles. The van der Waals surface area contributed by atoms with Crippen LogP contribution < -0.4 is 5.32 Å². The Kier molecular flexibility index (Phi) is 3.23. The molecular weight excluding hydrogens is 274 g/mol. The van der Waals surface area contributed by atoms with Crippen molar-refractivity contribution < 1.29 is 0 Å². The van der Waals surface area contributed by atoms with Crippen LogP contribution in [0.2, 0.25) is 0 Å². The summed E-state index contributed by atoms with van der Waals surface area (Å²) in [6, 6.07) is 10.3. The van der Waals surface area contributed by atoms with E-state index in [4.69, 9.17) is 0 Å². The Morgan fingerprint density at radius 3 is 2.27 bits per heavy atom. The maximum atomic E-state index is 4.67. The minimum absolute atomic E-state index is 0.540. The molecule has 4 rings (SSSR count). The van der Waals surface area contributed by atoms with Gasteiger partial charge in [-0.2, -0.15) is 0 Å². The summed E-state index contributed by atoms with van der Waals surface area (Å²) in [6.07, 6.45) is 9.51. The highest BCUT2D eigenvalue weighted by Gasteiger charge is 2.22. The second-order valence-corrected chi connectivity index (χ2v) is 5.36. The Morgan fingerprint density at radius 2 is 1.64 bits per heavy atom. The third-order valence-corrected chi connectivity index (χ3v) is 3.53. The molecule has 0 aliphatic heterocycles. The van der Waals surface area contributed by atoms with Crippen molar-refractivity contribution in [3.05, 3.63) is 55.1 Å². The fourth-order valence-electron chi connectivity index (χ4n) is 2.24. The first kappa shape index (κ1) is 12.9. The van der Waals surface area contributed by atoms with Crippen LogP contribution in [0.1, 0.15) is 12.8 Å². The van der Waals surface area contributed by atoms with Gasteiger partial charge in [0, 0.05) is 48.0 Å². The van der Waals surface area contributed by atoms with E-state index in [9.17, 15) is 0 Å². The quantitative estimate of drug-likeness (QED) is 0.799. The predicted molar refractivity (Wildman–Crippen MR) is 85.1 cm³/mol. The molecule has 1 aliphatic carbocycles.